The lowest BCUT2D eigenvalue weighted by Crippen LogP contribution is -2.31. The van der Waals surface area contributed by atoms with E-state index < -0.39 is 4.92 Å². The average molecular weight is 367 g/mol. The topological polar surface area (TPSA) is 104 Å². The summed E-state index contributed by atoms with van der Waals surface area (Å²) in [6.45, 7) is 2.17. The molecule has 1 aliphatic rings. The van der Waals surface area contributed by atoms with Crippen LogP contribution in [0, 0.1) is 10.1 Å². The molecule has 1 heterocycles. The number of rotatable bonds is 7. The Bertz CT molecular complexity index is 879. The average Bonchev–Trinajstić information content (AvgIpc) is 3.13. The Balaban J connectivity index is 1.88. The Morgan fingerprint density at radius 1 is 1.37 bits per heavy atom. The van der Waals surface area contributed by atoms with E-state index in [2.05, 4.69) is 14.9 Å². The Hall–Kier alpha value is -3.09. The molecule has 0 spiro atoms. The van der Waals surface area contributed by atoms with Crippen molar-refractivity contribution in [1.29, 1.82) is 0 Å². The van der Waals surface area contributed by atoms with Gasteiger partial charge in [-0.15, -0.1) is 0 Å². The zero-order valence-corrected chi connectivity index (χ0v) is 15.1. The maximum absolute atomic E-state index is 11.1. The first-order valence-electron chi connectivity index (χ1n) is 8.79. The van der Waals surface area contributed by atoms with E-state index in [0.29, 0.717) is 12.3 Å². The van der Waals surface area contributed by atoms with Crippen LogP contribution >= 0.6 is 0 Å². The molecule has 1 fully saturated rings. The Kier molecular flexibility index (Phi) is 5.90. The van der Waals surface area contributed by atoms with Gasteiger partial charge in [0, 0.05) is 41.7 Å². The summed E-state index contributed by atoms with van der Waals surface area (Å²) in [4.78, 5) is 15.9. The summed E-state index contributed by atoms with van der Waals surface area (Å²) >= 11 is 0. The fourth-order valence-electron chi connectivity index (χ4n) is 3.54. The molecular formula is C19H21N5O3. The Morgan fingerprint density at radius 3 is 2.96 bits per heavy atom. The van der Waals surface area contributed by atoms with Gasteiger partial charge in [0.15, 0.2) is 0 Å². The molecule has 0 N–H and O–H groups in total. The van der Waals surface area contributed by atoms with Gasteiger partial charge in [-0.2, -0.15) is 0 Å². The van der Waals surface area contributed by atoms with E-state index in [4.69, 9.17) is 10.3 Å². The third-order valence-corrected chi connectivity index (χ3v) is 4.87. The lowest BCUT2D eigenvalue weighted by Gasteiger charge is -2.23. The van der Waals surface area contributed by atoms with Crippen molar-refractivity contribution in [2.45, 2.75) is 25.4 Å². The van der Waals surface area contributed by atoms with Crippen LogP contribution in [0.15, 0.2) is 47.6 Å². The summed E-state index contributed by atoms with van der Waals surface area (Å²) in [7, 11) is 1.59. The van der Waals surface area contributed by atoms with E-state index in [1.807, 2.05) is 24.3 Å². The monoisotopic (exact) mass is 367 g/mol. The first kappa shape index (κ1) is 18.7. The van der Waals surface area contributed by atoms with Crippen LogP contribution in [0.5, 0.6) is 5.75 Å². The van der Waals surface area contributed by atoms with E-state index in [9.17, 15) is 10.1 Å². The maximum Gasteiger partial charge on any atom is 0.270 e. The number of non-ortho nitro benzene ring substituents is 1. The lowest BCUT2D eigenvalue weighted by atomic mass is 10.0. The van der Waals surface area contributed by atoms with Gasteiger partial charge in [0.05, 0.1) is 12.0 Å². The van der Waals surface area contributed by atoms with Gasteiger partial charge >= 0.3 is 0 Å². The molecule has 2 aromatic rings. The highest BCUT2D eigenvalue weighted by molar-refractivity contribution is 5.73. The van der Waals surface area contributed by atoms with Crippen LogP contribution in [0.2, 0.25) is 0 Å². The fourth-order valence-corrected chi connectivity index (χ4v) is 3.54. The summed E-state index contributed by atoms with van der Waals surface area (Å²) in [6, 6.07) is 12.7. The first-order chi connectivity index (χ1) is 13.1. The summed E-state index contributed by atoms with van der Waals surface area (Å²) in [5.74, 6) is 0.673. The third-order valence-electron chi connectivity index (χ3n) is 4.87. The zero-order valence-electron chi connectivity index (χ0n) is 15.1. The summed E-state index contributed by atoms with van der Waals surface area (Å²) in [5.41, 5.74) is 11.3. The van der Waals surface area contributed by atoms with Crippen LogP contribution in [0.1, 0.15) is 18.4 Å². The normalized spacial score (nSPS) is 16.7. The molecule has 0 saturated carbocycles. The molecule has 0 aliphatic carbocycles. The molecule has 0 radical (unpaired) electrons. The Labute approximate surface area is 157 Å². The van der Waals surface area contributed by atoms with E-state index in [0.717, 1.165) is 42.6 Å². The van der Waals surface area contributed by atoms with Crippen molar-refractivity contribution in [3.05, 3.63) is 68.6 Å². The first-order valence-corrected chi connectivity index (χ1v) is 8.79. The number of methoxy groups -OCH3 is 1. The van der Waals surface area contributed by atoms with Gasteiger partial charge in [0.2, 0.25) is 0 Å². The van der Waals surface area contributed by atoms with Crippen molar-refractivity contribution in [1.82, 2.24) is 4.90 Å². The molecule has 8 heteroatoms. The number of nitro benzene ring substituents is 1. The number of ether oxygens (including phenoxy) is 1. The van der Waals surface area contributed by atoms with Crippen LogP contribution in [0.4, 0.5) is 5.69 Å². The van der Waals surface area contributed by atoms with Crippen molar-refractivity contribution < 1.29 is 9.66 Å². The predicted octanol–water partition coefficient (Wildman–Crippen LogP) is 4.55. The molecule has 2 aromatic carbocycles. The highest BCUT2D eigenvalue weighted by Crippen LogP contribution is 2.33. The molecule has 0 amide bonds. The smallest absolute Gasteiger partial charge is 0.270 e. The molecule has 1 atom stereocenters. The quantitative estimate of drug-likeness (QED) is 0.235. The number of hydrogen-bond acceptors (Lipinski definition) is 5. The van der Waals surface area contributed by atoms with Crippen LogP contribution in [0.3, 0.4) is 0 Å². The van der Waals surface area contributed by atoms with E-state index in [1.54, 1.807) is 19.2 Å². The number of benzene rings is 2. The molecular weight excluding hydrogens is 346 g/mol. The SMILES string of the molecule is COc1ccc(CN2CCC[C@@H]2CN=[N+]=[N-])cc1-c1cccc([N+](=O)[O-])c1. The van der Waals surface area contributed by atoms with Crippen molar-refractivity contribution in [2.24, 2.45) is 5.11 Å². The number of azide groups is 1. The zero-order chi connectivity index (χ0) is 19.2. The van der Waals surface area contributed by atoms with Crippen molar-refractivity contribution >= 4 is 5.69 Å². The fraction of sp³-hybridized carbons (Fsp3) is 0.368. The molecule has 1 saturated heterocycles. The molecule has 0 bridgehead atoms. The van der Waals surface area contributed by atoms with Crippen LogP contribution < -0.4 is 4.74 Å². The minimum Gasteiger partial charge on any atom is -0.496 e. The molecule has 0 aromatic heterocycles. The number of likely N-dealkylation sites (tertiary alicyclic amines) is 1. The van der Waals surface area contributed by atoms with Gasteiger partial charge in [-0.1, -0.05) is 23.3 Å². The van der Waals surface area contributed by atoms with Crippen molar-refractivity contribution in [2.75, 3.05) is 20.2 Å². The van der Waals surface area contributed by atoms with Gasteiger partial charge < -0.3 is 4.74 Å². The van der Waals surface area contributed by atoms with E-state index in [-0.39, 0.29) is 11.7 Å². The van der Waals surface area contributed by atoms with Crippen molar-refractivity contribution in [3.63, 3.8) is 0 Å². The molecule has 1 aliphatic heterocycles. The number of nitro groups is 1. The lowest BCUT2D eigenvalue weighted by molar-refractivity contribution is -0.384. The minimum atomic E-state index is -0.398. The van der Waals surface area contributed by atoms with Crippen LogP contribution in [0.25, 0.3) is 21.6 Å². The molecule has 140 valence electrons. The van der Waals surface area contributed by atoms with Gasteiger partial charge in [-0.05, 0) is 48.2 Å². The molecule has 8 nitrogen and oxygen atoms in total. The molecule has 0 unspecified atom stereocenters. The standard InChI is InChI=1S/C19H21N5O3/c1-27-19-8-7-14(13-23-9-3-6-17(23)12-21-22-20)10-18(19)15-4-2-5-16(11-15)24(25)26/h2,4-5,7-8,10-11,17H,3,6,9,12-13H2,1H3/t17-/m1/s1. The largest absolute Gasteiger partial charge is 0.496 e. The summed E-state index contributed by atoms with van der Waals surface area (Å²) < 4.78 is 5.46. The van der Waals surface area contributed by atoms with Crippen molar-refractivity contribution in [3.8, 4) is 16.9 Å². The van der Waals surface area contributed by atoms with Gasteiger partial charge in [-0.3, -0.25) is 15.0 Å². The van der Waals surface area contributed by atoms with E-state index in [1.165, 1.54) is 6.07 Å². The molecule has 27 heavy (non-hydrogen) atoms. The van der Waals surface area contributed by atoms with Gasteiger partial charge in [0.25, 0.3) is 5.69 Å². The highest BCUT2D eigenvalue weighted by atomic mass is 16.6. The highest BCUT2D eigenvalue weighted by Gasteiger charge is 2.24. The predicted molar refractivity (Wildman–Crippen MR) is 103 cm³/mol. The van der Waals surface area contributed by atoms with E-state index >= 15 is 0 Å². The Morgan fingerprint density at radius 2 is 2.22 bits per heavy atom. The van der Waals surface area contributed by atoms with Crippen LogP contribution in [-0.2, 0) is 6.54 Å². The summed E-state index contributed by atoms with van der Waals surface area (Å²) in [5, 5.41) is 14.8. The summed E-state index contributed by atoms with van der Waals surface area (Å²) in [6.07, 6.45) is 2.10. The second kappa shape index (κ2) is 8.53. The minimum absolute atomic E-state index is 0.0499. The number of nitrogens with zero attached hydrogens (tertiary/aromatic N) is 5. The third kappa shape index (κ3) is 4.36. The maximum atomic E-state index is 11.1. The second-order valence-electron chi connectivity index (χ2n) is 6.52. The van der Waals surface area contributed by atoms with Crippen LogP contribution in [-0.4, -0.2) is 36.1 Å². The van der Waals surface area contributed by atoms with Gasteiger partial charge in [-0.25, -0.2) is 0 Å². The number of hydrogen-bond donors (Lipinski definition) is 0. The van der Waals surface area contributed by atoms with Gasteiger partial charge in [0.1, 0.15) is 5.75 Å². The second-order valence-corrected chi connectivity index (χ2v) is 6.52. The molecule has 3 rings (SSSR count).